The molecule has 0 aliphatic heterocycles. The summed E-state index contributed by atoms with van der Waals surface area (Å²) in [6.45, 7) is 2.55. The number of hydrogen-bond donors (Lipinski definition) is 1. The molecule has 2 rings (SSSR count). The maximum Gasteiger partial charge on any atom is 0.305 e. The Morgan fingerprint density at radius 1 is 1.37 bits per heavy atom. The molecule has 0 saturated heterocycles. The summed E-state index contributed by atoms with van der Waals surface area (Å²) < 4.78 is 6.75. The molecule has 0 amide bonds. The van der Waals surface area contributed by atoms with E-state index in [0.717, 1.165) is 18.6 Å². The summed E-state index contributed by atoms with van der Waals surface area (Å²) in [7, 11) is 0. The highest BCUT2D eigenvalue weighted by Gasteiger charge is 2.32. The zero-order valence-corrected chi connectivity index (χ0v) is 17.6. The molecule has 0 radical (unpaired) electrons. The second-order valence-electron chi connectivity index (χ2n) is 6.21. The van der Waals surface area contributed by atoms with Gasteiger partial charge in [-0.3, -0.25) is 4.79 Å². The van der Waals surface area contributed by atoms with E-state index < -0.39 is 5.60 Å². The van der Waals surface area contributed by atoms with Gasteiger partial charge in [-0.25, -0.2) is 4.98 Å². The van der Waals surface area contributed by atoms with Crippen molar-refractivity contribution in [2.24, 2.45) is 0 Å². The molecule has 0 aliphatic rings. The number of hydrogen-bond acceptors (Lipinski definition) is 5. The van der Waals surface area contributed by atoms with E-state index in [1.165, 1.54) is 0 Å². The second kappa shape index (κ2) is 11.0. The molecular formula is C19H24Cl2N2O3S. The van der Waals surface area contributed by atoms with Gasteiger partial charge in [0.05, 0.1) is 19.5 Å². The van der Waals surface area contributed by atoms with Crippen molar-refractivity contribution in [3.8, 4) is 0 Å². The molecule has 27 heavy (non-hydrogen) atoms. The van der Waals surface area contributed by atoms with Crippen LogP contribution in [0.5, 0.6) is 0 Å². The van der Waals surface area contributed by atoms with Crippen LogP contribution in [0.4, 0.5) is 0 Å². The van der Waals surface area contributed by atoms with E-state index in [1.807, 2.05) is 4.57 Å². The predicted molar refractivity (Wildman–Crippen MR) is 110 cm³/mol. The fourth-order valence-corrected chi connectivity index (χ4v) is 4.43. The van der Waals surface area contributed by atoms with E-state index in [0.29, 0.717) is 40.9 Å². The summed E-state index contributed by atoms with van der Waals surface area (Å²) >= 11 is 14.0. The molecule has 5 nitrogen and oxygen atoms in total. The predicted octanol–water partition coefficient (Wildman–Crippen LogP) is 4.54. The average molecular weight is 431 g/mol. The summed E-state index contributed by atoms with van der Waals surface area (Å²) in [5.74, 6) is 1.13. The second-order valence-corrected chi connectivity index (χ2v) is 8.15. The van der Waals surface area contributed by atoms with Gasteiger partial charge in [0, 0.05) is 40.2 Å². The van der Waals surface area contributed by atoms with Crippen molar-refractivity contribution in [3.63, 3.8) is 0 Å². The minimum Gasteiger partial charge on any atom is -0.466 e. The monoisotopic (exact) mass is 430 g/mol. The molecule has 148 valence electrons. The van der Waals surface area contributed by atoms with Crippen LogP contribution in [0.1, 0.15) is 31.7 Å². The molecule has 1 aromatic carbocycles. The third-order valence-electron chi connectivity index (χ3n) is 4.00. The molecule has 0 aliphatic carbocycles. The van der Waals surface area contributed by atoms with Gasteiger partial charge >= 0.3 is 5.97 Å². The van der Waals surface area contributed by atoms with E-state index in [9.17, 15) is 9.90 Å². The van der Waals surface area contributed by atoms with Crippen molar-refractivity contribution in [3.05, 3.63) is 52.5 Å². The first-order valence-corrected chi connectivity index (χ1v) is 10.7. The molecule has 0 fully saturated rings. The Hall–Kier alpha value is -1.21. The summed E-state index contributed by atoms with van der Waals surface area (Å²) in [4.78, 5) is 15.4. The fraction of sp³-hybridized carbons (Fsp3) is 0.474. The Bertz CT molecular complexity index is 728. The van der Waals surface area contributed by atoms with Gasteiger partial charge in [-0.05, 0) is 37.7 Å². The van der Waals surface area contributed by atoms with E-state index >= 15 is 0 Å². The highest BCUT2D eigenvalue weighted by molar-refractivity contribution is 7.99. The molecule has 0 bridgehead atoms. The zero-order chi connectivity index (χ0) is 19.7. The Morgan fingerprint density at radius 2 is 2.19 bits per heavy atom. The van der Waals surface area contributed by atoms with E-state index in [2.05, 4.69) is 4.98 Å². The number of halogens is 2. The highest BCUT2D eigenvalue weighted by atomic mass is 35.5. The van der Waals surface area contributed by atoms with E-state index in [4.69, 9.17) is 27.9 Å². The number of nitrogens with zero attached hydrogens (tertiary/aromatic N) is 2. The van der Waals surface area contributed by atoms with Crippen molar-refractivity contribution < 1.29 is 14.6 Å². The van der Waals surface area contributed by atoms with Crippen LogP contribution in [-0.2, 0) is 21.7 Å². The number of benzene rings is 1. The van der Waals surface area contributed by atoms with E-state index in [-0.39, 0.29) is 5.97 Å². The largest absolute Gasteiger partial charge is 0.466 e. The van der Waals surface area contributed by atoms with Crippen molar-refractivity contribution >= 4 is 40.9 Å². The molecule has 1 heterocycles. The van der Waals surface area contributed by atoms with Gasteiger partial charge < -0.3 is 14.4 Å². The topological polar surface area (TPSA) is 64.3 Å². The molecule has 2 aromatic rings. The standard InChI is InChI=1S/C19H24Cl2N2O3S/c1-2-26-18(24)5-3-4-10-27-13-19(25,12-23-9-8-22-14-23)16-7-6-15(20)11-17(16)21/h6-9,11,14,25H,2-5,10,12-13H2,1H3. The Kier molecular flexibility index (Phi) is 8.96. The third-order valence-corrected chi connectivity index (χ3v) is 5.81. The molecule has 1 N–H and O–H groups in total. The Balaban J connectivity index is 1.96. The zero-order valence-electron chi connectivity index (χ0n) is 15.2. The number of rotatable bonds is 11. The number of unbranched alkanes of at least 4 members (excludes halogenated alkanes) is 1. The van der Waals surface area contributed by atoms with Crippen LogP contribution in [-0.4, -0.2) is 38.7 Å². The van der Waals surface area contributed by atoms with Crippen molar-refractivity contribution in [2.45, 2.75) is 38.3 Å². The van der Waals surface area contributed by atoms with Gasteiger partial charge in [0.15, 0.2) is 0 Å². The van der Waals surface area contributed by atoms with Crippen LogP contribution in [0, 0.1) is 0 Å². The van der Waals surface area contributed by atoms with Crippen molar-refractivity contribution in [2.75, 3.05) is 18.1 Å². The van der Waals surface area contributed by atoms with Gasteiger partial charge in [0.25, 0.3) is 0 Å². The Morgan fingerprint density at radius 3 is 2.85 bits per heavy atom. The van der Waals surface area contributed by atoms with Gasteiger partial charge in [0.1, 0.15) is 5.60 Å². The number of imidazole rings is 1. The summed E-state index contributed by atoms with van der Waals surface area (Å²) in [5.41, 5.74) is -0.518. The van der Waals surface area contributed by atoms with E-state index in [1.54, 1.807) is 55.6 Å². The average Bonchev–Trinajstić information content (AvgIpc) is 3.10. The molecule has 1 aromatic heterocycles. The number of carbonyl (C=O) groups is 1. The quantitative estimate of drug-likeness (QED) is 0.418. The molecule has 1 unspecified atom stereocenters. The minimum atomic E-state index is -1.16. The van der Waals surface area contributed by atoms with Crippen molar-refractivity contribution in [1.29, 1.82) is 0 Å². The van der Waals surface area contributed by atoms with Gasteiger partial charge in [-0.2, -0.15) is 11.8 Å². The SMILES string of the molecule is CCOC(=O)CCCCSCC(O)(Cn1ccnc1)c1ccc(Cl)cc1Cl. The number of thioether (sulfide) groups is 1. The van der Waals surface area contributed by atoms with Gasteiger partial charge in [-0.15, -0.1) is 0 Å². The molecular weight excluding hydrogens is 407 g/mol. The first-order chi connectivity index (χ1) is 12.9. The van der Waals surface area contributed by atoms with Crippen LogP contribution >= 0.6 is 35.0 Å². The summed E-state index contributed by atoms with van der Waals surface area (Å²) in [5, 5.41) is 12.3. The lowest BCUT2D eigenvalue weighted by atomic mass is 9.95. The molecule has 1 atom stereocenters. The molecule has 8 heteroatoms. The number of ether oxygens (including phenoxy) is 1. The van der Waals surface area contributed by atoms with Crippen LogP contribution < -0.4 is 0 Å². The van der Waals surface area contributed by atoms with Crippen LogP contribution in [0.2, 0.25) is 10.0 Å². The summed E-state index contributed by atoms with van der Waals surface area (Å²) in [6, 6.07) is 5.13. The lowest BCUT2D eigenvalue weighted by Gasteiger charge is -2.30. The lowest BCUT2D eigenvalue weighted by molar-refractivity contribution is -0.143. The first-order valence-electron chi connectivity index (χ1n) is 8.81. The number of carbonyl (C=O) groups excluding carboxylic acids is 1. The smallest absolute Gasteiger partial charge is 0.305 e. The first kappa shape index (κ1) is 22.1. The summed E-state index contributed by atoms with van der Waals surface area (Å²) in [6.07, 6.45) is 7.22. The van der Waals surface area contributed by atoms with Crippen LogP contribution in [0.25, 0.3) is 0 Å². The lowest BCUT2D eigenvalue weighted by Crippen LogP contribution is -2.34. The van der Waals surface area contributed by atoms with Crippen LogP contribution in [0.3, 0.4) is 0 Å². The Labute approximate surface area is 174 Å². The number of aliphatic hydroxyl groups is 1. The maximum absolute atomic E-state index is 11.4. The molecule has 0 saturated carbocycles. The third kappa shape index (κ3) is 7.03. The highest BCUT2D eigenvalue weighted by Crippen LogP contribution is 2.34. The van der Waals surface area contributed by atoms with Gasteiger partial charge in [-0.1, -0.05) is 29.3 Å². The van der Waals surface area contributed by atoms with Crippen molar-refractivity contribution in [1.82, 2.24) is 9.55 Å². The fourth-order valence-electron chi connectivity index (χ4n) is 2.71. The number of aromatic nitrogens is 2. The minimum absolute atomic E-state index is 0.160. The molecule has 0 spiro atoms. The van der Waals surface area contributed by atoms with Crippen LogP contribution in [0.15, 0.2) is 36.9 Å². The maximum atomic E-state index is 11.4. The van der Waals surface area contributed by atoms with Gasteiger partial charge in [0.2, 0.25) is 0 Å². The normalized spacial score (nSPS) is 13.3. The number of esters is 1.